The zero-order chi connectivity index (χ0) is 10.3. The van der Waals surface area contributed by atoms with E-state index in [4.69, 9.17) is 4.74 Å². The SMILES string of the molecule is C=C(C)CCOC(C)CNC(C)C. The number of ether oxygens (including phenoxy) is 1. The fourth-order valence-corrected chi connectivity index (χ4v) is 0.895. The Balaban J connectivity index is 3.29. The molecule has 1 atom stereocenters. The average Bonchev–Trinajstić information content (AvgIpc) is 2.00. The van der Waals surface area contributed by atoms with Crippen LogP contribution in [0.5, 0.6) is 0 Å². The molecule has 0 radical (unpaired) electrons. The summed E-state index contributed by atoms with van der Waals surface area (Å²) < 4.78 is 5.58. The first kappa shape index (κ1) is 12.7. The Hall–Kier alpha value is -0.340. The Morgan fingerprint density at radius 2 is 2.00 bits per heavy atom. The zero-order valence-electron chi connectivity index (χ0n) is 9.39. The molecule has 2 heteroatoms. The molecule has 1 unspecified atom stereocenters. The lowest BCUT2D eigenvalue weighted by atomic mass is 10.2. The van der Waals surface area contributed by atoms with Crippen LogP contribution in [0.4, 0.5) is 0 Å². The highest BCUT2D eigenvalue weighted by atomic mass is 16.5. The first-order chi connectivity index (χ1) is 6.02. The van der Waals surface area contributed by atoms with Gasteiger partial charge in [0.1, 0.15) is 0 Å². The Bertz CT molecular complexity index is 143. The molecule has 0 aromatic rings. The second-order valence-corrected chi connectivity index (χ2v) is 3.95. The minimum absolute atomic E-state index is 0.293. The molecule has 13 heavy (non-hydrogen) atoms. The van der Waals surface area contributed by atoms with Gasteiger partial charge >= 0.3 is 0 Å². The normalized spacial score (nSPS) is 13.3. The van der Waals surface area contributed by atoms with Gasteiger partial charge in [0.05, 0.1) is 12.7 Å². The van der Waals surface area contributed by atoms with Gasteiger partial charge in [-0.15, -0.1) is 6.58 Å². The topological polar surface area (TPSA) is 21.3 Å². The van der Waals surface area contributed by atoms with Gasteiger partial charge in [-0.25, -0.2) is 0 Å². The molecule has 0 aliphatic rings. The lowest BCUT2D eigenvalue weighted by Crippen LogP contribution is -2.32. The Kier molecular flexibility index (Phi) is 6.92. The lowest BCUT2D eigenvalue weighted by molar-refractivity contribution is 0.0669. The highest BCUT2D eigenvalue weighted by Crippen LogP contribution is 1.98. The first-order valence-corrected chi connectivity index (χ1v) is 5.01. The standard InChI is InChI=1S/C11H23NO/c1-9(2)6-7-13-11(5)8-12-10(3)4/h10-12H,1,6-8H2,2-5H3. The number of nitrogens with one attached hydrogen (secondary N) is 1. The molecular weight excluding hydrogens is 162 g/mol. The highest BCUT2D eigenvalue weighted by Gasteiger charge is 2.02. The highest BCUT2D eigenvalue weighted by molar-refractivity contribution is 4.87. The van der Waals surface area contributed by atoms with E-state index < -0.39 is 0 Å². The van der Waals surface area contributed by atoms with Crippen molar-refractivity contribution in [2.75, 3.05) is 13.2 Å². The predicted molar refractivity (Wildman–Crippen MR) is 58.0 cm³/mol. The van der Waals surface area contributed by atoms with E-state index in [0.29, 0.717) is 12.1 Å². The van der Waals surface area contributed by atoms with Crippen LogP contribution in [0.1, 0.15) is 34.1 Å². The van der Waals surface area contributed by atoms with Crippen LogP contribution in [0.2, 0.25) is 0 Å². The summed E-state index contributed by atoms with van der Waals surface area (Å²) in [5, 5.41) is 3.34. The van der Waals surface area contributed by atoms with Crippen molar-refractivity contribution in [1.82, 2.24) is 5.32 Å². The Labute approximate surface area is 82.4 Å². The summed E-state index contributed by atoms with van der Waals surface area (Å²) in [6.45, 7) is 13.9. The number of hydrogen-bond donors (Lipinski definition) is 1. The van der Waals surface area contributed by atoms with Crippen molar-refractivity contribution in [3.63, 3.8) is 0 Å². The molecular formula is C11H23NO. The molecule has 0 aliphatic carbocycles. The predicted octanol–water partition coefficient (Wildman–Crippen LogP) is 2.36. The van der Waals surface area contributed by atoms with Crippen molar-refractivity contribution < 1.29 is 4.74 Å². The lowest BCUT2D eigenvalue weighted by Gasteiger charge is -2.15. The summed E-state index contributed by atoms with van der Waals surface area (Å²) in [7, 11) is 0. The summed E-state index contributed by atoms with van der Waals surface area (Å²) in [6.07, 6.45) is 1.26. The molecule has 0 saturated heterocycles. The maximum absolute atomic E-state index is 5.58. The third kappa shape index (κ3) is 9.57. The van der Waals surface area contributed by atoms with E-state index in [9.17, 15) is 0 Å². The molecule has 0 aliphatic heterocycles. The van der Waals surface area contributed by atoms with Crippen LogP contribution < -0.4 is 5.32 Å². The molecule has 78 valence electrons. The Morgan fingerprint density at radius 3 is 2.46 bits per heavy atom. The van der Waals surface area contributed by atoms with Gasteiger partial charge in [-0.3, -0.25) is 0 Å². The van der Waals surface area contributed by atoms with Crippen LogP contribution in [0.3, 0.4) is 0 Å². The Morgan fingerprint density at radius 1 is 1.38 bits per heavy atom. The third-order valence-electron chi connectivity index (χ3n) is 1.74. The molecule has 0 spiro atoms. The van der Waals surface area contributed by atoms with Crippen molar-refractivity contribution in [1.29, 1.82) is 0 Å². The molecule has 2 nitrogen and oxygen atoms in total. The summed E-state index contributed by atoms with van der Waals surface area (Å²) in [5.41, 5.74) is 1.18. The minimum atomic E-state index is 0.293. The maximum atomic E-state index is 5.58. The second-order valence-electron chi connectivity index (χ2n) is 3.95. The van der Waals surface area contributed by atoms with Crippen LogP contribution in [0, 0.1) is 0 Å². The van der Waals surface area contributed by atoms with Crippen LogP contribution in [-0.2, 0) is 4.74 Å². The third-order valence-corrected chi connectivity index (χ3v) is 1.74. The summed E-state index contributed by atoms with van der Waals surface area (Å²) in [6, 6.07) is 0.534. The van der Waals surface area contributed by atoms with Crippen LogP contribution in [0.15, 0.2) is 12.2 Å². The largest absolute Gasteiger partial charge is 0.377 e. The van der Waals surface area contributed by atoms with Gasteiger partial charge in [-0.2, -0.15) is 0 Å². The minimum Gasteiger partial charge on any atom is -0.377 e. The van der Waals surface area contributed by atoms with Gasteiger partial charge in [0.15, 0.2) is 0 Å². The van der Waals surface area contributed by atoms with Crippen LogP contribution in [0.25, 0.3) is 0 Å². The van der Waals surface area contributed by atoms with Gasteiger partial charge in [0, 0.05) is 12.6 Å². The monoisotopic (exact) mass is 185 g/mol. The number of hydrogen-bond acceptors (Lipinski definition) is 2. The first-order valence-electron chi connectivity index (χ1n) is 5.01. The summed E-state index contributed by atoms with van der Waals surface area (Å²) in [4.78, 5) is 0. The average molecular weight is 185 g/mol. The van der Waals surface area contributed by atoms with Crippen molar-refractivity contribution >= 4 is 0 Å². The fourth-order valence-electron chi connectivity index (χ4n) is 0.895. The van der Waals surface area contributed by atoms with Crippen molar-refractivity contribution in [3.8, 4) is 0 Å². The van der Waals surface area contributed by atoms with E-state index in [1.807, 2.05) is 6.92 Å². The van der Waals surface area contributed by atoms with E-state index >= 15 is 0 Å². The van der Waals surface area contributed by atoms with Crippen molar-refractivity contribution in [3.05, 3.63) is 12.2 Å². The van der Waals surface area contributed by atoms with E-state index in [1.54, 1.807) is 0 Å². The molecule has 0 fully saturated rings. The maximum Gasteiger partial charge on any atom is 0.0671 e. The molecule has 0 bridgehead atoms. The van der Waals surface area contributed by atoms with E-state index in [2.05, 4.69) is 32.7 Å². The molecule has 0 rings (SSSR count). The van der Waals surface area contributed by atoms with Gasteiger partial charge in [-0.1, -0.05) is 19.4 Å². The summed E-state index contributed by atoms with van der Waals surface area (Å²) >= 11 is 0. The van der Waals surface area contributed by atoms with E-state index in [0.717, 1.165) is 19.6 Å². The zero-order valence-corrected chi connectivity index (χ0v) is 9.39. The molecule has 0 saturated carbocycles. The van der Waals surface area contributed by atoms with Gasteiger partial charge < -0.3 is 10.1 Å². The van der Waals surface area contributed by atoms with Crippen LogP contribution in [-0.4, -0.2) is 25.3 Å². The fraction of sp³-hybridized carbons (Fsp3) is 0.818. The molecule has 0 aromatic carbocycles. The number of rotatable bonds is 7. The van der Waals surface area contributed by atoms with Gasteiger partial charge in [0.2, 0.25) is 0 Å². The van der Waals surface area contributed by atoms with Gasteiger partial charge in [-0.05, 0) is 20.3 Å². The van der Waals surface area contributed by atoms with E-state index in [1.165, 1.54) is 5.57 Å². The van der Waals surface area contributed by atoms with Crippen molar-refractivity contribution in [2.24, 2.45) is 0 Å². The molecule has 0 heterocycles. The van der Waals surface area contributed by atoms with Crippen LogP contribution >= 0.6 is 0 Å². The smallest absolute Gasteiger partial charge is 0.0671 e. The molecule has 0 amide bonds. The van der Waals surface area contributed by atoms with Gasteiger partial charge in [0.25, 0.3) is 0 Å². The summed E-state index contributed by atoms with van der Waals surface area (Å²) in [5.74, 6) is 0. The van der Waals surface area contributed by atoms with Crippen molar-refractivity contribution in [2.45, 2.75) is 46.3 Å². The second kappa shape index (κ2) is 7.10. The molecule has 1 N–H and O–H groups in total. The quantitative estimate of drug-likeness (QED) is 0.615. The van der Waals surface area contributed by atoms with E-state index in [-0.39, 0.29) is 0 Å². The molecule has 0 aromatic heterocycles.